The van der Waals surface area contributed by atoms with Gasteiger partial charge >= 0.3 is 5.97 Å². The number of carbonyl (C=O) groups is 1. The summed E-state index contributed by atoms with van der Waals surface area (Å²) in [4.78, 5) is 10.4. The van der Waals surface area contributed by atoms with Crippen LogP contribution < -0.4 is 4.72 Å². The topological polar surface area (TPSA) is 102 Å². The summed E-state index contributed by atoms with van der Waals surface area (Å²) in [5, 5.41) is 8.51. The highest BCUT2D eigenvalue weighted by Gasteiger charge is 2.13. The summed E-state index contributed by atoms with van der Waals surface area (Å²) in [6.45, 7) is 1.28. The SMILES string of the molecule is COCCOCc1cccc(NS(=O)(=O)CCC(=O)O)c1. The van der Waals surface area contributed by atoms with Crippen LogP contribution >= 0.6 is 0 Å². The number of carboxylic acids is 1. The molecule has 8 heteroatoms. The summed E-state index contributed by atoms with van der Waals surface area (Å²) in [5.41, 5.74) is 1.19. The molecular formula is C13H19NO6S. The minimum Gasteiger partial charge on any atom is -0.481 e. The van der Waals surface area contributed by atoms with Crippen LogP contribution in [-0.2, 0) is 30.9 Å². The lowest BCUT2D eigenvalue weighted by molar-refractivity contribution is -0.136. The molecule has 0 bridgehead atoms. The maximum atomic E-state index is 11.7. The highest BCUT2D eigenvalue weighted by atomic mass is 32.2. The standard InChI is InChI=1S/C13H19NO6S/c1-19-6-7-20-10-11-3-2-4-12(9-11)14-21(17,18)8-5-13(15)16/h2-4,9,14H,5-8,10H2,1H3,(H,15,16). The van der Waals surface area contributed by atoms with E-state index in [0.29, 0.717) is 25.5 Å². The molecule has 0 saturated heterocycles. The van der Waals surface area contributed by atoms with Gasteiger partial charge in [-0.1, -0.05) is 12.1 Å². The van der Waals surface area contributed by atoms with Crippen LogP contribution in [-0.4, -0.2) is 45.6 Å². The van der Waals surface area contributed by atoms with E-state index in [1.807, 2.05) is 6.07 Å². The second-order valence-electron chi connectivity index (χ2n) is 4.31. The molecule has 0 spiro atoms. The van der Waals surface area contributed by atoms with E-state index >= 15 is 0 Å². The van der Waals surface area contributed by atoms with Crippen LogP contribution in [0.4, 0.5) is 5.69 Å². The fraction of sp³-hybridized carbons (Fsp3) is 0.462. The Morgan fingerprint density at radius 2 is 2.10 bits per heavy atom. The number of methoxy groups -OCH3 is 1. The van der Waals surface area contributed by atoms with Crippen LogP contribution in [0.25, 0.3) is 0 Å². The molecule has 1 rings (SSSR count). The molecule has 0 aliphatic rings. The van der Waals surface area contributed by atoms with Gasteiger partial charge in [-0.05, 0) is 17.7 Å². The van der Waals surface area contributed by atoms with Crippen molar-refractivity contribution in [3.8, 4) is 0 Å². The minimum atomic E-state index is -3.67. The highest BCUT2D eigenvalue weighted by Crippen LogP contribution is 2.13. The van der Waals surface area contributed by atoms with Gasteiger partial charge in [-0.15, -0.1) is 0 Å². The summed E-state index contributed by atoms with van der Waals surface area (Å²) in [5.74, 6) is -1.61. The Balaban J connectivity index is 2.57. The molecule has 1 aromatic rings. The lowest BCUT2D eigenvalue weighted by atomic mass is 10.2. The number of aliphatic carboxylic acids is 1. The first-order valence-electron chi connectivity index (χ1n) is 6.31. The minimum absolute atomic E-state index is 0.341. The van der Waals surface area contributed by atoms with Crippen molar-refractivity contribution in [1.29, 1.82) is 0 Å². The molecule has 0 amide bonds. The molecule has 118 valence electrons. The zero-order valence-electron chi connectivity index (χ0n) is 11.7. The smallest absolute Gasteiger partial charge is 0.304 e. The molecule has 0 saturated carbocycles. The summed E-state index contributed by atoms with van der Waals surface area (Å²) in [7, 11) is -2.09. The van der Waals surface area contributed by atoms with Gasteiger partial charge in [0, 0.05) is 12.8 Å². The number of nitrogens with one attached hydrogen (secondary N) is 1. The monoisotopic (exact) mass is 317 g/mol. The molecule has 21 heavy (non-hydrogen) atoms. The first-order chi connectivity index (χ1) is 9.93. The third kappa shape index (κ3) is 7.64. The first-order valence-corrected chi connectivity index (χ1v) is 7.96. The van der Waals surface area contributed by atoms with Crippen LogP contribution in [0.3, 0.4) is 0 Å². The Morgan fingerprint density at radius 1 is 1.33 bits per heavy atom. The number of rotatable bonds is 10. The van der Waals surface area contributed by atoms with Gasteiger partial charge in [0.15, 0.2) is 0 Å². The van der Waals surface area contributed by atoms with Crippen LogP contribution in [0.1, 0.15) is 12.0 Å². The average molecular weight is 317 g/mol. The molecule has 0 aliphatic heterocycles. The number of carboxylic acid groups (broad SMARTS) is 1. The third-order valence-corrected chi connectivity index (χ3v) is 3.77. The number of ether oxygens (including phenoxy) is 2. The van der Waals surface area contributed by atoms with Crippen LogP contribution in [0.15, 0.2) is 24.3 Å². The molecule has 0 aliphatic carbocycles. The second-order valence-corrected chi connectivity index (χ2v) is 6.15. The summed E-state index contributed by atoms with van der Waals surface area (Å²) in [6, 6.07) is 6.74. The van der Waals surface area contributed by atoms with Crippen molar-refractivity contribution in [3.63, 3.8) is 0 Å². The summed E-state index contributed by atoms with van der Waals surface area (Å²) >= 11 is 0. The highest BCUT2D eigenvalue weighted by molar-refractivity contribution is 7.92. The first kappa shape index (κ1) is 17.4. The van der Waals surface area contributed by atoms with Crippen molar-refractivity contribution >= 4 is 21.7 Å². The molecule has 0 atom stereocenters. The van der Waals surface area contributed by atoms with E-state index in [1.165, 1.54) is 0 Å². The largest absolute Gasteiger partial charge is 0.481 e. The Labute approximate surface area is 123 Å². The van der Waals surface area contributed by atoms with Gasteiger partial charge < -0.3 is 14.6 Å². The molecule has 1 aromatic carbocycles. The third-order valence-electron chi connectivity index (χ3n) is 2.49. The molecule has 0 radical (unpaired) electrons. The van der Waals surface area contributed by atoms with Crippen LogP contribution in [0.2, 0.25) is 0 Å². The van der Waals surface area contributed by atoms with Crippen LogP contribution in [0.5, 0.6) is 0 Å². The Morgan fingerprint density at radius 3 is 2.76 bits per heavy atom. The fourth-order valence-corrected chi connectivity index (χ4v) is 2.54. The van der Waals surface area contributed by atoms with E-state index in [-0.39, 0.29) is 0 Å². The molecule has 2 N–H and O–H groups in total. The van der Waals surface area contributed by atoms with Gasteiger partial charge in [0.2, 0.25) is 10.0 Å². The Hall–Kier alpha value is -1.64. The lowest BCUT2D eigenvalue weighted by Gasteiger charge is -2.09. The van der Waals surface area contributed by atoms with Gasteiger partial charge in [-0.25, -0.2) is 8.42 Å². The second kappa shape index (κ2) is 8.60. The van der Waals surface area contributed by atoms with E-state index in [2.05, 4.69) is 4.72 Å². The number of hydrogen-bond acceptors (Lipinski definition) is 5. The van der Waals surface area contributed by atoms with E-state index < -0.39 is 28.2 Å². The van der Waals surface area contributed by atoms with E-state index in [9.17, 15) is 13.2 Å². The van der Waals surface area contributed by atoms with Crippen molar-refractivity contribution in [2.45, 2.75) is 13.0 Å². The number of hydrogen-bond donors (Lipinski definition) is 2. The number of sulfonamides is 1. The van der Waals surface area contributed by atoms with Crippen molar-refractivity contribution in [2.24, 2.45) is 0 Å². The molecule has 0 aromatic heterocycles. The maximum absolute atomic E-state index is 11.7. The van der Waals surface area contributed by atoms with Crippen molar-refractivity contribution in [2.75, 3.05) is 30.8 Å². The Kier molecular flexibility index (Phi) is 7.13. The van der Waals surface area contributed by atoms with Crippen molar-refractivity contribution in [1.82, 2.24) is 0 Å². The quantitative estimate of drug-likeness (QED) is 0.626. The predicted octanol–water partition coefficient (Wildman–Crippen LogP) is 1.07. The Bertz CT molecular complexity index is 558. The zero-order chi connectivity index (χ0) is 15.7. The molecule has 0 fully saturated rings. The molecule has 0 unspecified atom stereocenters. The van der Waals surface area contributed by atoms with E-state index in [1.54, 1.807) is 25.3 Å². The van der Waals surface area contributed by atoms with Gasteiger partial charge in [-0.3, -0.25) is 9.52 Å². The number of anilines is 1. The average Bonchev–Trinajstić information content (AvgIpc) is 2.42. The van der Waals surface area contributed by atoms with Gasteiger partial charge in [0.25, 0.3) is 0 Å². The van der Waals surface area contributed by atoms with E-state index in [4.69, 9.17) is 14.6 Å². The van der Waals surface area contributed by atoms with Gasteiger partial charge in [0.1, 0.15) is 0 Å². The van der Waals surface area contributed by atoms with Crippen LogP contribution in [0, 0.1) is 0 Å². The van der Waals surface area contributed by atoms with E-state index in [0.717, 1.165) is 5.56 Å². The van der Waals surface area contributed by atoms with Crippen molar-refractivity contribution in [3.05, 3.63) is 29.8 Å². The normalized spacial score (nSPS) is 11.3. The summed E-state index contributed by atoms with van der Waals surface area (Å²) < 4.78 is 35.9. The molecule has 0 heterocycles. The molecule has 7 nitrogen and oxygen atoms in total. The summed E-state index contributed by atoms with van der Waals surface area (Å²) in [6.07, 6.45) is -0.435. The van der Waals surface area contributed by atoms with Crippen molar-refractivity contribution < 1.29 is 27.8 Å². The lowest BCUT2D eigenvalue weighted by Crippen LogP contribution is -2.19. The fourth-order valence-electron chi connectivity index (χ4n) is 1.51. The van der Waals surface area contributed by atoms with Gasteiger partial charge in [-0.2, -0.15) is 0 Å². The maximum Gasteiger partial charge on any atom is 0.304 e. The zero-order valence-corrected chi connectivity index (χ0v) is 12.6. The molecular weight excluding hydrogens is 298 g/mol. The predicted molar refractivity (Wildman–Crippen MR) is 77.6 cm³/mol. The number of benzene rings is 1. The van der Waals surface area contributed by atoms with Gasteiger partial charge in [0.05, 0.1) is 32.0 Å².